The third-order valence-corrected chi connectivity index (χ3v) is 12.4. The maximum atomic E-state index is 13.8. The van der Waals surface area contributed by atoms with Gasteiger partial charge in [-0.25, -0.2) is 8.42 Å². The van der Waals surface area contributed by atoms with Gasteiger partial charge in [-0.2, -0.15) is 0 Å². The number of rotatable bonds is 4. The average molecular weight is 666 g/mol. The number of aromatic nitrogens is 1. The standard InChI is InChI=1S/C45H31NO3S/c1-45(2)38-22-8-6-17-32(38)36-26-37-33-18-7-9-23-40(33)46(41(37)27-39(36)45)29-14-10-13-28(25-29)31-19-11-20-34-35-21-12-24-42(44(35)49-43(31)34)50(47,48)30-15-4-3-5-16-30/h3-27H,1-2H3. The number of para-hydroxylation sites is 3. The normalized spacial score (nSPS) is 13.7. The summed E-state index contributed by atoms with van der Waals surface area (Å²) in [6, 6.07) is 50.7. The molecular weight excluding hydrogens is 635 g/mol. The van der Waals surface area contributed by atoms with Crippen LogP contribution in [-0.2, 0) is 15.3 Å². The molecule has 0 amide bonds. The van der Waals surface area contributed by atoms with E-state index >= 15 is 0 Å². The van der Waals surface area contributed by atoms with Crippen LogP contribution in [0.25, 0.3) is 71.7 Å². The van der Waals surface area contributed by atoms with Gasteiger partial charge in [-0.1, -0.05) is 117 Å². The number of fused-ring (bicyclic) bond motifs is 9. The SMILES string of the molecule is CC1(C)c2ccccc2-c2cc3c4ccccc4n(-c4cccc(-c5cccc6c5oc5c(S(=O)(=O)c7ccccc7)cccc56)c4)c3cc21. The first-order chi connectivity index (χ1) is 24.3. The van der Waals surface area contributed by atoms with E-state index in [1.54, 1.807) is 36.4 Å². The highest BCUT2D eigenvalue weighted by molar-refractivity contribution is 7.91. The van der Waals surface area contributed by atoms with Crippen molar-refractivity contribution in [2.45, 2.75) is 29.1 Å². The maximum Gasteiger partial charge on any atom is 0.210 e. The molecule has 5 heteroatoms. The minimum Gasteiger partial charge on any atom is -0.454 e. The van der Waals surface area contributed by atoms with Crippen LogP contribution in [0.5, 0.6) is 0 Å². The lowest BCUT2D eigenvalue weighted by Gasteiger charge is -2.21. The van der Waals surface area contributed by atoms with Crippen LogP contribution < -0.4 is 0 Å². The van der Waals surface area contributed by atoms with Crippen molar-refractivity contribution in [2.75, 3.05) is 0 Å². The highest BCUT2D eigenvalue weighted by Gasteiger charge is 2.36. The lowest BCUT2D eigenvalue weighted by molar-refractivity contribution is 0.592. The van der Waals surface area contributed by atoms with Crippen LogP contribution in [0.1, 0.15) is 25.0 Å². The van der Waals surface area contributed by atoms with Gasteiger partial charge >= 0.3 is 0 Å². The Kier molecular flexibility index (Phi) is 5.98. The minimum atomic E-state index is -3.80. The predicted molar refractivity (Wildman–Crippen MR) is 203 cm³/mol. The van der Waals surface area contributed by atoms with Crippen LogP contribution in [-0.4, -0.2) is 13.0 Å². The fraction of sp³-hybridized carbons (Fsp3) is 0.0667. The second-order valence-electron chi connectivity index (χ2n) is 13.7. The summed E-state index contributed by atoms with van der Waals surface area (Å²) < 4.78 is 36.5. The highest BCUT2D eigenvalue weighted by Crippen LogP contribution is 2.51. The summed E-state index contributed by atoms with van der Waals surface area (Å²) in [4.78, 5) is 0.407. The summed E-state index contributed by atoms with van der Waals surface area (Å²) in [5, 5.41) is 4.09. The topological polar surface area (TPSA) is 52.2 Å². The van der Waals surface area contributed by atoms with Gasteiger partial charge in [0.1, 0.15) is 10.5 Å². The second-order valence-corrected chi connectivity index (χ2v) is 15.6. The van der Waals surface area contributed by atoms with E-state index in [4.69, 9.17) is 4.42 Å². The fourth-order valence-electron chi connectivity index (χ4n) is 8.21. The Bertz CT molecular complexity index is 2970. The Hall–Kier alpha value is -5.91. The summed E-state index contributed by atoms with van der Waals surface area (Å²) in [5.74, 6) is 0. The van der Waals surface area contributed by atoms with Gasteiger partial charge in [-0.3, -0.25) is 0 Å². The molecule has 0 fully saturated rings. The van der Waals surface area contributed by atoms with E-state index in [1.807, 2.05) is 30.3 Å². The van der Waals surface area contributed by atoms with Crippen molar-refractivity contribution in [3.8, 4) is 27.9 Å². The molecular formula is C45H31NO3S. The molecule has 2 aromatic heterocycles. The number of hydrogen-bond acceptors (Lipinski definition) is 3. The fourth-order valence-corrected chi connectivity index (χ4v) is 9.64. The first-order valence-electron chi connectivity index (χ1n) is 16.9. The first-order valence-corrected chi connectivity index (χ1v) is 18.3. The van der Waals surface area contributed by atoms with Crippen LogP contribution in [0, 0.1) is 0 Å². The van der Waals surface area contributed by atoms with Crippen molar-refractivity contribution in [3.63, 3.8) is 0 Å². The molecule has 0 radical (unpaired) electrons. The predicted octanol–water partition coefficient (Wildman–Crippen LogP) is 11.5. The molecule has 7 aromatic carbocycles. The molecule has 9 aromatic rings. The molecule has 0 atom stereocenters. The molecule has 1 aliphatic rings. The van der Waals surface area contributed by atoms with Gasteiger partial charge in [0.15, 0.2) is 5.58 Å². The molecule has 0 unspecified atom stereocenters. The van der Waals surface area contributed by atoms with E-state index < -0.39 is 9.84 Å². The zero-order valence-electron chi connectivity index (χ0n) is 27.5. The molecule has 4 nitrogen and oxygen atoms in total. The van der Waals surface area contributed by atoms with Gasteiger partial charge in [0.05, 0.1) is 15.9 Å². The van der Waals surface area contributed by atoms with E-state index in [0.29, 0.717) is 11.2 Å². The van der Waals surface area contributed by atoms with E-state index in [1.165, 1.54) is 38.5 Å². The monoisotopic (exact) mass is 665 g/mol. The number of benzene rings is 7. The number of sulfone groups is 1. The lowest BCUT2D eigenvalue weighted by Crippen LogP contribution is -2.14. The number of furan rings is 1. The van der Waals surface area contributed by atoms with Gasteiger partial charge in [-0.15, -0.1) is 0 Å². The van der Waals surface area contributed by atoms with Crippen molar-refractivity contribution >= 4 is 53.6 Å². The Morgan fingerprint density at radius 3 is 2.06 bits per heavy atom. The molecule has 0 spiro atoms. The van der Waals surface area contributed by atoms with Crippen molar-refractivity contribution in [2.24, 2.45) is 0 Å². The summed E-state index contributed by atoms with van der Waals surface area (Å²) >= 11 is 0. The largest absolute Gasteiger partial charge is 0.454 e. The Morgan fingerprint density at radius 2 is 1.20 bits per heavy atom. The number of nitrogens with zero attached hydrogens (tertiary/aromatic N) is 1. The molecule has 0 bridgehead atoms. The molecule has 0 saturated heterocycles. The van der Waals surface area contributed by atoms with Gasteiger partial charge in [-0.05, 0) is 76.3 Å². The van der Waals surface area contributed by atoms with E-state index in [9.17, 15) is 8.42 Å². The third kappa shape index (κ3) is 3.95. The van der Waals surface area contributed by atoms with Gasteiger partial charge in [0.25, 0.3) is 0 Å². The molecule has 0 aliphatic heterocycles. The van der Waals surface area contributed by atoms with Gasteiger partial charge < -0.3 is 8.98 Å². The summed E-state index contributed by atoms with van der Waals surface area (Å²) in [5.41, 5.74) is 11.5. The second kappa shape index (κ2) is 10.3. The molecule has 240 valence electrons. The van der Waals surface area contributed by atoms with Gasteiger partial charge in [0, 0.05) is 38.2 Å². The Balaban J connectivity index is 1.18. The van der Waals surface area contributed by atoms with Crippen LogP contribution in [0.15, 0.2) is 166 Å². The van der Waals surface area contributed by atoms with E-state index in [2.05, 4.69) is 103 Å². The molecule has 50 heavy (non-hydrogen) atoms. The van der Waals surface area contributed by atoms with E-state index in [0.717, 1.165) is 33.1 Å². The third-order valence-electron chi connectivity index (χ3n) is 10.6. The van der Waals surface area contributed by atoms with Crippen LogP contribution in [0.3, 0.4) is 0 Å². The molecule has 0 saturated carbocycles. The average Bonchev–Trinajstić information content (AvgIpc) is 3.77. The molecule has 1 aliphatic carbocycles. The smallest absolute Gasteiger partial charge is 0.210 e. The van der Waals surface area contributed by atoms with Crippen LogP contribution in [0.2, 0.25) is 0 Å². The first kappa shape index (κ1) is 29.0. The Morgan fingerprint density at radius 1 is 0.520 bits per heavy atom. The summed E-state index contributed by atoms with van der Waals surface area (Å²) in [6.07, 6.45) is 0. The highest BCUT2D eigenvalue weighted by atomic mass is 32.2. The van der Waals surface area contributed by atoms with Crippen LogP contribution >= 0.6 is 0 Å². The van der Waals surface area contributed by atoms with Gasteiger partial charge in [0.2, 0.25) is 9.84 Å². The molecule has 0 N–H and O–H groups in total. The van der Waals surface area contributed by atoms with Crippen LogP contribution in [0.4, 0.5) is 0 Å². The Labute approximate surface area is 289 Å². The summed E-state index contributed by atoms with van der Waals surface area (Å²) in [6.45, 7) is 4.64. The minimum absolute atomic E-state index is 0.118. The molecule has 2 heterocycles. The maximum absolute atomic E-state index is 13.8. The number of hydrogen-bond donors (Lipinski definition) is 0. The molecule has 10 rings (SSSR count). The zero-order valence-corrected chi connectivity index (χ0v) is 28.3. The zero-order chi connectivity index (χ0) is 33.8. The van der Waals surface area contributed by atoms with Crippen molar-refractivity contribution in [3.05, 3.63) is 163 Å². The van der Waals surface area contributed by atoms with E-state index in [-0.39, 0.29) is 15.2 Å². The van der Waals surface area contributed by atoms with Crippen molar-refractivity contribution < 1.29 is 12.8 Å². The van der Waals surface area contributed by atoms with Crippen molar-refractivity contribution in [1.82, 2.24) is 4.57 Å². The van der Waals surface area contributed by atoms with Crippen molar-refractivity contribution in [1.29, 1.82) is 0 Å². The lowest BCUT2D eigenvalue weighted by atomic mass is 9.82. The quantitative estimate of drug-likeness (QED) is 0.188. The summed E-state index contributed by atoms with van der Waals surface area (Å²) in [7, 11) is -3.80.